The first-order valence-electron chi connectivity index (χ1n) is 8.81. The molecule has 1 saturated heterocycles. The summed E-state index contributed by atoms with van der Waals surface area (Å²) < 4.78 is 0. The van der Waals surface area contributed by atoms with Gasteiger partial charge in [-0.25, -0.2) is 4.79 Å². The molecule has 1 aromatic heterocycles. The number of rotatable bonds is 2. The van der Waals surface area contributed by atoms with E-state index in [1.165, 1.54) is 4.90 Å². The van der Waals surface area contributed by atoms with Crippen LogP contribution in [0.1, 0.15) is 22.0 Å². The van der Waals surface area contributed by atoms with Gasteiger partial charge in [0.1, 0.15) is 0 Å². The Morgan fingerprint density at radius 2 is 1.81 bits per heavy atom. The van der Waals surface area contributed by atoms with Crippen molar-refractivity contribution in [3.8, 4) is 0 Å². The molecule has 136 valence electrons. The number of aromatic nitrogens is 1. The molecule has 4 rings (SSSR count). The average molecular weight is 361 g/mol. The molecule has 3 aromatic rings. The van der Waals surface area contributed by atoms with Crippen LogP contribution in [0.2, 0.25) is 0 Å². The summed E-state index contributed by atoms with van der Waals surface area (Å²) in [5, 5.41) is 11.3. The lowest BCUT2D eigenvalue weighted by Crippen LogP contribution is -2.52. The van der Waals surface area contributed by atoms with E-state index < -0.39 is 6.09 Å². The van der Waals surface area contributed by atoms with Crippen LogP contribution < -0.4 is 0 Å². The van der Waals surface area contributed by atoms with Crippen LogP contribution in [-0.2, 0) is 0 Å². The topological polar surface area (TPSA) is 73.7 Å². The first-order valence-corrected chi connectivity index (χ1v) is 8.81. The monoisotopic (exact) mass is 361 g/mol. The zero-order valence-corrected chi connectivity index (χ0v) is 14.7. The van der Waals surface area contributed by atoms with E-state index in [2.05, 4.69) is 4.98 Å². The Morgan fingerprint density at radius 1 is 1.00 bits per heavy atom. The highest BCUT2D eigenvalue weighted by molar-refractivity contribution is 5.98. The van der Waals surface area contributed by atoms with Crippen LogP contribution in [0.25, 0.3) is 10.8 Å². The summed E-state index contributed by atoms with van der Waals surface area (Å²) in [7, 11) is 0. The zero-order valence-electron chi connectivity index (χ0n) is 14.7. The Balaban J connectivity index is 1.68. The number of fused-ring (bicyclic) bond motifs is 1. The van der Waals surface area contributed by atoms with E-state index in [0.29, 0.717) is 18.7 Å². The van der Waals surface area contributed by atoms with Gasteiger partial charge in [-0.2, -0.15) is 0 Å². The first kappa shape index (κ1) is 17.0. The van der Waals surface area contributed by atoms with Gasteiger partial charge in [0, 0.05) is 43.0 Å². The second-order valence-corrected chi connectivity index (χ2v) is 6.59. The predicted octanol–water partition coefficient (Wildman–Crippen LogP) is 3.41. The minimum absolute atomic E-state index is 0.0902. The number of piperazine rings is 1. The Labute approximate surface area is 156 Å². The summed E-state index contributed by atoms with van der Waals surface area (Å²) in [6.45, 7) is 0.934. The van der Waals surface area contributed by atoms with Crippen LogP contribution in [0.4, 0.5) is 4.79 Å². The molecule has 6 heteroatoms. The number of carboxylic acid groups (broad SMARTS) is 1. The summed E-state index contributed by atoms with van der Waals surface area (Å²) in [4.78, 5) is 31.9. The Kier molecular flexibility index (Phi) is 4.46. The molecule has 2 amide bonds. The van der Waals surface area contributed by atoms with Gasteiger partial charge < -0.3 is 14.9 Å². The van der Waals surface area contributed by atoms with E-state index in [1.54, 1.807) is 23.4 Å². The SMILES string of the molecule is O=C(O)N1CCN(C(=O)c2ccc3cnccc3c2)C(c2ccccc2)C1. The lowest BCUT2D eigenvalue weighted by atomic mass is 10.0. The van der Waals surface area contributed by atoms with Crippen molar-refractivity contribution < 1.29 is 14.7 Å². The van der Waals surface area contributed by atoms with Gasteiger partial charge in [-0.1, -0.05) is 36.4 Å². The van der Waals surface area contributed by atoms with Crippen molar-refractivity contribution in [1.82, 2.24) is 14.8 Å². The second kappa shape index (κ2) is 7.07. The molecule has 0 radical (unpaired) electrons. The molecule has 0 spiro atoms. The number of pyridine rings is 1. The Morgan fingerprint density at radius 3 is 2.59 bits per heavy atom. The molecule has 27 heavy (non-hydrogen) atoms. The number of carbonyl (C=O) groups is 2. The minimum atomic E-state index is -0.957. The normalized spacial score (nSPS) is 17.1. The van der Waals surface area contributed by atoms with Gasteiger partial charge in [-0.15, -0.1) is 0 Å². The van der Waals surface area contributed by atoms with Crippen LogP contribution in [0, 0.1) is 0 Å². The molecule has 1 fully saturated rings. The van der Waals surface area contributed by atoms with Gasteiger partial charge >= 0.3 is 6.09 Å². The Hall–Kier alpha value is -3.41. The highest BCUT2D eigenvalue weighted by Crippen LogP contribution is 2.28. The second-order valence-electron chi connectivity index (χ2n) is 6.59. The van der Waals surface area contributed by atoms with Gasteiger partial charge in [-0.3, -0.25) is 9.78 Å². The van der Waals surface area contributed by atoms with E-state index in [9.17, 15) is 14.7 Å². The standard InChI is InChI=1S/C21H19N3O3/c25-20(17-6-7-18-13-22-9-8-16(18)12-17)24-11-10-23(21(26)27)14-19(24)15-4-2-1-3-5-15/h1-9,12-13,19H,10-11,14H2,(H,26,27). The molecular weight excluding hydrogens is 342 g/mol. The number of amides is 2. The molecule has 1 aliphatic heterocycles. The summed E-state index contributed by atoms with van der Waals surface area (Å²) in [6.07, 6.45) is 2.51. The molecule has 6 nitrogen and oxygen atoms in total. The van der Waals surface area contributed by atoms with Crippen LogP contribution in [0.3, 0.4) is 0 Å². The van der Waals surface area contributed by atoms with Crippen molar-refractivity contribution in [2.24, 2.45) is 0 Å². The van der Waals surface area contributed by atoms with Crippen molar-refractivity contribution in [3.05, 3.63) is 78.1 Å². The third kappa shape index (κ3) is 3.33. The van der Waals surface area contributed by atoms with Crippen molar-refractivity contribution in [2.75, 3.05) is 19.6 Å². The number of benzene rings is 2. The predicted molar refractivity (Wildman–Crippen MR) is 102 cm³/mol. The molecule has 1 aliphatic rings. The van der Waals surface area contributed by atoms with E-state index in [-0.39, 0.29) is 18.5 Å². The largest absolute Gasteiger partial charge is 0.465 e. The first-order chi connectivity index (χ1) is 13.1. The van der Waals surface area contributed by atoms with Crippen LogP contribution >= 0.6 is 0 Å². The number of carbonyl (C=O) groups excluding carboxylic acids is 1. The fraction of sp³-hybridized carbons (Fsp3) is 0.190. The number of hydrogen-bond acceptors (Lipinski definition) is 3. The molecule has 0 bridgehead atoms. The van der Waals surface area contributed by atoms with Gasteiger partial charge in [0.25, 0.3) is 5.91 Å². The molecule has 1 N–H and O–H groups in total. The van der Waals surface area contributed by atoms with Crippen LogP contribution in [0.5, 0.6) is 0 Å². The van der Waals surface area contributed by atoms with Crippen molar-refractivity contribution in [1.29, 1.82) is 0 Å². The molecule has 1 unspecified atom stereocenters. The van der Waals surface area contributed by atoms with E-state index in [1.807, 2.05) is 48.5 Å². The molecule has 0 saturated carbocycles. The van der Waals surface area contributed by atoms with Crippen LogP contribution in [-0.4, -0.2) is 51.5 Å². The number of hydrogen-bond donors (Lipinski definition) is 1. The quantitative estimate of drug-likeness (QED) is 0.759. The highest BCUT2D eigenvalue weighted by Gasteiger charge is 2.33. The maximum Gasteiger partial charge on any atom is 0.407 e. The molecular formula is C21H19N3O3. The van der Waals surface area contributed by atoms with Crippen molar-refractivity contribution in [3.63, 3.8) is 0 Å². The summed E-state index contributed by atoms with van der Waals surface area (Å²) in [5.41, 5.74) is 1.53. The molecule has 1 atom stereocenters. The summed E-state index contributed by atoms with van der Waals surface area (Å²) >= 11 is 0. The zero-order chi connectivity index (χ0) is 18.8. The smallest absolute Gasteiger partial charge is 0.407 e. The summed E-state index contributed by atoms with van der Waals surface area (Å²) in [6, 6.07) is 16.7. The van der Waals surface area contributed by atoms with Crippen molar-refractivity contribution >= 4 is 22.8 Å². The fourth-order valence-electron chi connectivity index (χ4n) is 3.54. The van der Waals surface area contributed by atoms with Gasteiger partial charge in [0.2, 0.25) is 0 Å². The number of nitrogens with zero attached hydrogens (tertiary/aromatic N) is 3. The average Bonchev–Trinajstić information content (AvgIpc) is 2.73. The van der Waals surface area contributed by atoms with Gasteiger partial charge in [0.05, 0.1) is 6.04 Å². The van der Waals surface area contributed by atoms with Crippen LogP contribution in [0.15, 0.2) is 67.0 Å². The lowest BCUT2D eigenvalue weighted by Gasteiger charge is -2.40. The third-order valence-electron chi connectivity index (χ3n) is 4.98. The van der Waals surface area contributed by atoms with E-state index in [0.717, 1.165) is 16.3 Å². The fourth-order valence-corrected chi connectivity index (χ4v) is 3.54. The van der Waals surface area contributed by atoms with E-state index >= 15 is 0 Å². The molecule has 2 heterocycles. The molecule has 2 aromatic carbocycles. The summed E-state index contributed by atoms with van der Waals surface area (Å²) in [5.74, 6) is -0.0902. The third-order valence-corrected chi connectivity index (χ3v) is 4.98. The van der Waals surface area contributed by atoms with E-state index in [4.69, 9.17) is 0 Å². The minimum Gasteiger partial charge on any atom is -0.465 e. The highest BCUT2D eigenvalue weighted by atomic mass is 16.4. The lowest BCUT2D eigenvalue weighted by molar-refractivity contribution is 0.0447. The van der Waals surface area contributed by atoms with Gasteiger partial charge in [0.15, 0.2) is 0 Å². The molecule has 0 aliphatic carbocycles. The Bertz CT molecular complexity index is 990. The maximum absolute atomic E-state index is 13.2. The maximum atomic E-state index is 13.2. The van der Waals surface area contributed by atoms with Gasteiger partial charge in [-0.05, 0) is 29.1 Å². The van der Waals surface area contributed by atoms with Crippen molar-refractivity contribution in [2.45, 2.75) is 6.04 Å².